The third-order valence-corrected chi connectivity index (χ3v) is 3.36. The summed E-state index contributed by atoms with van der Waals surface area (Å²) in [6.07, 6.45) is 2.17. The van der Waals surface area contributed by atoms with E-state index in [0.717, 1.165) is 6.42 Å². The number of halogens is 2. The Morgan fingerprint density at radius 2 is 1.95 bits per heavy atom. The highest BCUT2D eigenvalue weighted by molar-refractivity contribution is 6.41. The fourth-order valence-electron chi connectivity index (χ4n) is 1.64. The second-order valence-electron chi connectivity index (χ2n) is 4.13. The molecule has 1 amide bonds. The van der Waals surface area contributed by atoms with Crippen molar-refractivity contribution in [1.29, 1.82) is 0 Å². The lowest BCUT2D eigenvalue weighted by Gasteiger charge is -2.22. The molecule has 0 fully saturated rings. The molecule has 0 aliphatic carbocycles. The van der Waals surface area contributed by atoms with Crippen LogP contribution < -0.4 is 0 Å². The van der Waals surface area contributed by atoms with Gasteiger partial charge in [0.15, 0.2) is 0 Å². The molecule has 0 spiro atoms. The zero-order valence-electron chi connectivity index (χ0n) is 11.6. The van der Waals surface area contributed by atoms with Gasteiger partial charge >= 0.3 is 0 Å². The van der Waals surface area contributed by atoms with E-state index >= 15 is 0 Å². The molecule has 0 bridgehead atoms. The van der Waals surface area contributed by atoms with E-state index in [-0.39, 0.29) is 16.1 Å². The Labute approximate surface area is 128 Å². The van der Waals surface area contributed by atoms with E-state index in [1.165, 1.54) is 12.3 Å². The predicted molar refractivity (Wildman–Crippen MR) is 78.5 cm³/mol. The molecule has 7 heteroatoms. The minimum atomic E-state index is -0.149. The second-order valence-corrected chi connectivity index (χ2v) is 4.89. The molecule has 0 aliphatic heterocycles. The monoisotopic (exact) mass is 320 g/mol. The SMILES string of the molecule is COCCCN(CCOC)C(=O)c1cnc(Cl)c(Cl)c1. The summed E-state index contributed by atoms with van der Waals surface area (Å²) in [6, 6.07) is 1.52. The maximum absolute atomic E-state index is 12.4. The smallest absolute Gasteiger partial charge is 0.255 e. The van der Waals surface area contributed by atoms with Gasteiger partial charge in [-0.25, -0.2) is 4.98 Å². The predicted octanol–water partition coefficient (Wildman–Crippen LogP) is 2.51. The minimum Gasteiger partial charge on any atom is -0.385 e. The molecule has 0 atom stereocenters. The molecule has 112 valence electrons. The lowest BCUT2D eigenvalue weighted by atomic mass is 10.2. The van der Waals surface area contributed by atoms with E-state index in [1.54, 1.807) is 19.1 Å². The van der Waals surface area contributed by atoms with Gasteiger partial charge < -0.3 is 14.4 Å². The van der Waals surface area contributed by atoms with E-state index in [2.05, 4.69) is 4.98 Å². The van der Waals surface area contributed by atoms with Gasteiger partial charge in [0, 0.05) is 40.1 Å². The summed E-state index contributed by atoms with van der Waals surface area (Å²) in [7, 11) is 3.22. The van der Waals surface area contributed by atoms with Crippen LogP contribution in [0.25, 0.3) is 0 Å². The molecule has 20 heavy (non-hydrogen) atoms. The van der Waals surface area contributed by atoms with Gasteiger partial charge in [-0.2, -0.15) is 0 Å². The van der Waals surface area contributed by atoms with Gasteiger partial charge in [-0.15, -0.1) is 0 Å². The van der Waals surface area contributed by atoms with Crippen LogP contribution in [-0.2, 0) is 9.47 Å². The number of hydrogen-bond donors (Lipinski definition) is 0. The Kier molecular flexibility index (Phi) is 7.84. The summed E-state index contributed by atoms with van der Waals surface area (Å²) >= 11 is 11.6. The largest absolute Gasteiger partial charge is 0.385 e. The summed E-state index contributed by atoms with van der Waals surface area (Å²) in [4.78, 5) is 18.0. The second kappa shape index (κ2) is 9.13. The van der Waals surface area contributed by atoms with Crippen molar-refractivity contribution in [2.75, 3.05) is 40.5 Å². The first-order valence-corrected chi connectivity index (χ1v) is 6.94. The average Bonchev–Trinajstić information content (AvgIpc) is 2.45. The molecule has 0 aromatic carbocycles. The molecular formula is C13H18Cl2N2O3. The van der Waals surface area contributed by atoms with Crippen molar-refractivity contribution in [2.45, 2.75) is 6.42 Å². The fraction of sp³-hybridized carbons (Fsp3) is 0.538. The van der Waals surface area contributed by atoms with Crippen LogP contribution in [0, 0.1) is 0 Å². The van der Waals surface area contributed by atoms with Crippen LogP contribution in [0.15, 0.2) is 12.3 Å². The van der Waals surface area contributed by atoms with Gasteiger partial charge in [0.05, 0.1) is 17.2 Å². The Bertz CT molecular complexity index is 444. The molecule has 0 saturated carbocycles. The maximum atomic E-state index is 12.4. The van der Waals surface area contributed by atoms with E-state index < -0.39 is 0 Å². The first kappa shape index (κ1) is 17.2. The Hall–Kier alpha value is -0.880. The highest BCUT2D eigenvalue weighted by Crippen LogP contribution is 2.20. The van der Waals surface area contributed by atoms with Crippen LogP contribution in [0.2, 0.25) is 10.2 Å². The van der Waals surface area contributed by atoms with Gasteiger partial charge in [-0.3, -0.25) is 4.79 Å². The molecule has 0 saturated heterocycles. The third kappa shape index (κ3) is 5.25. The highest BCUT2D eigenvalue weighted by Gasteiger charge is 2.16. The number of ether oxygens (including phenoxy) is 2. The normalized spacial score (nSPS) is 10.6. The minimum absolute atomic E-state index is 0.149. The molecule has 1 rings (SSSR count). The Balaban J connectivity index is 2.76. The topological polar surface area (TPSA) is 51.7 Å². The van der Waals surface area contributed by atoms with E-state index in [9.17, 15) is 4.79 Å². The molecule has 1 aromatic rings. The number of carbonyl (C=O) groups excluding carboxylic acids is 1. The summed E-state index contributed by atoms with van der Waals surface area (Å²) in [6.45, 7) is 2.14. The van der Waals surface area contributed by atoms with Crippen molar-refractivity contribution in [2.24, 2.45) is 0 Å². The van der Waals surface area contributed by atoms with Crippen LogP contribution in [0.4, 0.5) is 0 Å². The van der Waals surface area contributed by atoms with Crippen molar-refractivity contribution >= 4 is 29.1 Å². The summed E-state index contributed by atoms with van der Waals surface area (Å²) < 4.78 is 10.0. The van der Waals surface area contributed by atoms with Gasteiger partial charge in [-0.1, -0.05) is 23.2 Å². The maximum Gasteiger partial charge on any atom is 0.255 e. The highest BCUT2D eigenvalue weighted by atomic mass is 35.5. The number of rotatable bonds is 8. The fourth-order valence-corrected chi connectivity index (χ4v) is 1.91. The molecule has 0 radical (unpaired) electrons. The summed E-state index contributed by atoms with van der Waals surface area (Å²) in [5, 5.41) is 0.451. The Morgan fingerprint density at radius 3 is 2.55 bits per heavy atom. The lowest BCUT2D eigenvalue weighted by molar-refractivity contribution is 0.0674. The van der Waals surface area contributed by atoms with Crippen LogP contribution in [0.5, 0.6) is 0 Å². The quantitative estimate of drug-likeness (QED) is 0.545. The van der Waals surface area contributed by atoms with Crippen molar-refractivity contribution < 1.29 is 14.3 Å². The number of aromatic nitrogens is 1. The van der Waals surface area contributed by atoms with Crippen LogP contribution in [-0.4, -0.2) is 56.3 Å². The van der Waals surface area contributed by atoms with Gasteiger partial charge in [-0.05, 0) is 12.5 Å². The van der Waals surface area contributed by atoms with Crippen LogP contribution in [0.1, 0.15) is 16.8 Å². The molecule has 0 N–H and O–H groups in total. The average molecular weight is 321 g/mol. The van der Waals surface area contributed by atoms with E-state index in [1.807, 2.05) is 0 Å². The van der Waals surface area contributed by atoms with Crippen LogP contribution in [0.3, 0.4) is 0 Å². The van der Waals surface area contributed by atoms with Crippen molar-refractivity contribution in [3.63, 3.8) is 0 Å². The number of hydrogen-bond acceptors (Lipinski definition) is 4. The van der Waals surface area contributed by atoms with Gasteiger partial charge in [0.2, 0.25) is 0 Å². The number of nitrogens with zero attached hydrogens (tertiary/aromatic N) is 2. The first-order valence-electron chi connectivity index (χ1n) is 6.18. The lowest BCUT2D eigenvalue weighted by Crippen LogP contribution is -2.35. The first-order chi connectivity index (χ1) is 9.60. The summed E-state index contributed by atoms with van der Waals surface area (Å²) in [5.74, 6) is -0.149. The molecule has 1 heterocycles. The standard InChI is InChI=1S/C13H18Cl2N2O3/c1-19-6-3-4-17(5-7-20-2)13(18)10-8-11(14)12(15)16-9-10/h8-9H,3-7H2,1-2H3. The molecule has 0 aliphatic rings. The number of carbonyl (C=O) groups is 1. The molecule has 5 nitrogen and oxygen atoms in total. The van der Waals surface area contributed by atoms with Crippen molar-refractivity contribution in [1.82, 2.24) is 9.88 Å². The third-order valence-electron chi connectivity index (χ3n) is 2.67. The van der Waals surface area contributed by atoms with E-state index in [4.69, 9.17) is 32.7 Å². The van der Waals surface area contributed by atoms with Crippen molar-refractivity contribution in [3.8, 4) is 0 Å². The zero-order valence-corrected chi connectivity index (χ0v) is 13.1. The molecule has 1 aromatic heterocycles. The number of methoxy groups -OCH3 is 2. The molecule has 0 unspecified atom stereocenters. The summed E-state index contributed by atoms with van der Waals surface area (Å²) in [5.41, 5.74) is 0.410. The van der Waals surface area contributed by atoms with E-state index in [0.29, 0.717) is 31.9 Å². The Morgan fingerprint density at radius 1 is 1.25 bits per heavy atom. The number of pyridine rings is 1. The van der Waals surface area contributed by atoms with Crippen molar-refractivity contribution in [3.05, 3.63) is 28.0 Å². The molecular weight excluding hydrogens is 303 g/mol. The zero-order chi connectivity index (χ0) is 15.0. The van der Waals surface area contributed by atoms with Gasteiger partial charge in [0.1, 0.15) is 5.15 Å². The number of amides is 1. The van der Waals surface area contributed by atoms with Crippen LogP contribution >= 0.6 is 23.2 Å². The van der Waals surface area contributed by atoms with Gasteiger partial charge in [0.25, 0.3) is 5.91 Å².